The first kappa shape index (κ1) is 43.3. The molecule has 0 heterocycles. The van der Waals surface area contributed by atoms with Gasteiger partial charge in [0.05, 0.1) is 17.1 Å². The number of benzene rings is 9. The second-order valence-corrected chi connectivity index (χ2v) is 20.7. The summed E-state index contributed by atoms with van der Waals surface area (Å²) in [5.74, 6) is 0. The van der Waals surface area contributed by atoms with E-state index in [1.807, 2.05) is 0 Å². The summed E-state index contributed by atoms with van der Waals surface area (Å²) >= 11 is 0. The molecule has 65 heavy (non-hydrogen) atoms. The molecular formula is C64H61N. The monoisotopic (exact) mass is 843 g/mol. The van der Waals surface area contributed by atoms with Crippen molar-refractivity contribution >= 4 is 27.8 Å². The number of fused-ring (bicyclic) bond motifs is 1. The molecule has 0 aliphatic carbocycles. The predicted molar refractivity (Wildman–Crippen MR) is 282 cm³/mol. The molecule has 0 aromatic heterocycles. The van der Waals surface area contributed by atoms with Gasteiger partial charge in [0.1, 0.15) is 0 Å². The third-order valence-electron chi connectivity index (χ3n) is 13.0. The SMILES string of the molecule is CC(C)(C)c1ccc(-c2ccccc2N(c2ccccc2-c2ccc(-c3ccccc3)cc2)c2ccccc2-c2cccc3cccc(-c4cc(C(C)(C)C)cc(C(C)(C)C)c4)c23)cc1. The van der Waals surface area contributed by atoms with Crippen molar-refractivity contribution in [2.24, 2.45) is 0 Å². The van der Waals surface area contributed by atoms with Gasteiger partial charge in [-0.15, -0.1) is 0 Å². The number of rotatable bonds is 8. The van der Waals surface area contributed by atoms with Crippen molar-refractivity contribution in [2.45, 2.75) is 78.6 Å². The van der Waals surface area contributed by atoms with Gasteiger partial charge in [-0.05, 0) is 101 Å². The zero-order chi connectivity index (χ0) is 45.5. The molecule has 0 spiro atoms. The third-order valence-corrected chi connectivity index (χ3v) is 13.0. The second kappa shape index (κ2) is 17.2. The van der Waals surface area contributed by atoms with E-state index in [1.165, 1.54) is 72.0 Å². The Morgan fingerprint density at radius 3 is 1.15 bits per heavy atom. The maximum absolute atomic E-state index is 2.52. The van der Waals surface area contributed by atoms with Crippen molar-refractivity contribution in [3.63, 3.8) is 0 Å². The van der Waals surface area contributed by atoms with Crippen LogP contribution in [-0.4, -0.2) is 0 Å². The molecule has 0 unspecified atom stereocenters. The first-order valence-corrected chi connectivity index (χ1v) is 23.2. The van der Waals surface area contributed by atoms with Crippen LogP contribution in [0.5, 0.6) is 0 Å². The number of hydrogen-bond acceptors (Lipinski definition) is 1. The highest BCUT2D eigenvalue weighted by Crippen LogP contribution is 2.50. The number of para-hydroxylation sites is 3. The van der Waals surface area contributed by atoms with Crippen LogP contribution >= 0.6 is 0 Å². The summed E-state index contributed by atoms with van der Waals surface area (Å²) in [6, 6.07) is 76.6. The molecule has 0 N–H and O–H groups in total. The van der Waals surface area contributed by atoms with Gasteiger partial charge >= 0.3 is 0 Å². The lowest BCUT2D eigenvalue weighted by Gasteiger charge is -2.32. The molecule has 9 rings (SSSR count). The Hall–Kier alpha value is -6.96. The normalized spacial score (nSPS) is 12.1. The van der Waals surface area contributed by atoms with E-state index in [0.29, 0.717) is 0 Å². The average molecular weight is 844 g/mol. The number of hydrogen-bond donors (Lipinski definition) is 0. The van der Waals surface area contributed by atoms with Crippen LogP contribution in [-0.2, 0) is 16.2 Å². The van der Waals surface area contributed by atoms with Gasteiger partial charge in [-0.25, -0.2) is 0 Å². The van der Waals surface area contributed by atoms with Crippen LogP contribution in [0, 0.1) is 0 Å². The summed E-state index contributed by atoms with van der Waals surface area (Å²) in [5, 5.41) is 2.47. The molecule has 0 aliphatic heterocycles. The van der Waals surface area contributed by atoms with Crippen molar-refractivity contribution < 1.29 is 0 Å². The van der Waals surface area contributed by atoms with E-state index in [9.17, 15) is 0 Å². The largest absolute Gasteiger partial charge is 0.309 e. The molecule has 0 saturated heterocycles. The Balaban J connectivity index is 1.30. The predicted octanol–water partition coefficient (Wildman–Crippen LogP) is 18.5. The fourth-order valence-electron chi connectivity index (χ4n) is 9.19. The zero-order valence-electron chi connectivity index (χ0n) is 39.6. The zero-order valence-corrected chi connectivity index (χ0v) is 39.6. The quantitative estimate of drug-likeness (QED) is 0.147. The Kier molecular flexibility index (Phi) is 11.5. The molecular weight excluding hydrogens is 783 g/mol. The van der Waals surface area contributed by atoms with Crippen molar-refractivity contribution in [1.29, 1.82) is 0 Å². The van der Waals surface area contributed by atoms with Crippen molar-refractivity contribution in [1.82, 2.24) is 0 Å². The van der Waals surface area contributed by atoms with E-state index in [2.05, 4.69) is 273 Å². The molecule has 0 atom stereocenters. The van der Waals surface area contributed by atoms with E-state index in [4.69, 9.17) is 0 Å². The van der Waals surface area contributed by atoms with Gasteiger partial charge in [-0.2, -0.15) is 0 Å². The fraction of sp³-hybridized carbons (Fsp3) is 0.188. The molecule has 1 heteroatoms. The Bertz CT molecular complexity index is 3070. The number of anilines is 3. The maximum Gasteiger partial charge on any atom is 0.0540 e. The van der Waals surface area contributed by atoms with Gasteiger partial charge in [0.15, 0.2) is 0 Å². The Morgan fingerprint density at radius 1 is 0.262 bits per heavy atom. The Labute approximate surface area is 388 Å². The van der Waals surface area contributed by atoms with Crippen LogP contribution in [0.3, 0.4) is 0 Å². The first-order chi connectivity index (χ1) is 31.1. The smallest absolute Gasteiger partial charge is 0.0540 e. The summed E-state index contributed by atoms with van der Waals surface area (Å²) in [5.41, 5.74) is 19.3. The van der Waals surface area contributed by atoms with E-state index in [1.54, 1.807) is 0 Å². The molecule has 0 radical (unpaired) electrons. The van der Waals surface area contributed by atoms with Gasteiger partial charge in [0.25, 0.3) is 0 Å². The van der Waals surface area contributed by atoms with Crippen LogP contribution in [0.2, 0.25) is 0 Å². The number of nitrogens with zero attached hydrogens (tertiary/aromatic N) is 1. The third kappa shape index (κ3) is 8.81. The van der Waals surface area contributed by atoms with Crippen LogP contribution in [0.1, 0.15) is 79.0 Å². The highest BCUT2D eigenvalue weighted by Gasteiger charge is 2.26. The van der Waals surface area contributed by atoms with Crippen molar-refractivity contribution in [2.75, 3.05) is 4.90 Å². The highest BCUT2D eigenvalue weighted by molar-refractivity contribution is 6.09. The standard InChI is InChI=1S/C64H61N/c1-62(2,3)50-39-37-47(38-40-50)54-26-14-17-31-59(54)65(58-30-16-13-25-53(58)46-35-33-45(34-36-46)44-21-11-10-12-22-44)60-32-18-15-27-56(60)57-29-20-24-48-23-19-28-55(61(48)57)49-41-51(63(4,5)6)43-52(42-49)64(7,8)9/h10-43H,1-9H3. The van der Waals surface area contributed by atoms with Gasteiger partial charge in [-0.1, -0.05) is 250 Å². The minimum atomic E-state index is -0.00770. The second-order valence-electron chi connectivity index (χ2n) is 20.7. The lowest BCUT2D eigenvalue weighted by Crippen LogP contribution is -2.16. The fourth-order valence-corrected chi connectivity index (χ4v) is 9.19. The molecule has 1 nitrogen and oxygen atoms in total. The topological polar surface area (TPSA) is 3.24 Å². The lowest BCUT2D eigenvalue weighted by molar-refractivity contribution is 0.569. The van der Waals surface area contributed by atoms with Gasteiger partial charge < -0.3 is 4.90 Å². The maximum atomic E-state index is 2.52. The molecule has 0 saturated carbocycles. The van der Waals surface area contributed by atoms with Gasteiger partial charge in [0.2, 0.25) is 0 Å². The molecule has 9 aromatic rings. The first-order valence-electron chi connectivity index (χ1n) is 23.2. The van der Waals surface area contributed by atoms with Crippen molar-refractivity contribution in [3.05, 3.63) is 223 Å². The van der Waals surface area contributed by atoms with Crippen LogP contribution in [0.15, 0.2) is 206 Å². The summed E-state index contributed by atoms with van der Waals surface area (Å²) in [7, 11) is 0. The van der Waals surface area contributed by atoms with E-state index in [0.717, 1.165) is 28.2 Å². The molecule has 322 valence electrons. The average Bonchev–Trinajstić information content (AvgIpc) is 3.31. The molecule has 0 fully saturated rings. The van der Waals surface area contributed by atoms with Gasteiger partial charge in [-0.3, -0.25) is 0 Å². The van der Waals surface area contributed by atoms with E-state index >= 15 is 0 Å². The Morgan fingerprint density at radius 2 is 0.646 bits per heavy atom. The summed E-state index contributed by atoms with van der Waals surface area (Å²) in [6.45, 7) is 20.8. The molecule has 9 aromatic carbocycles. The van der Waals surface area contributed by atoms with E-state index in [-0.39, 0.29) is 16.2 Å². The van der Waals surface area contributed by atoms with Crippen LogP contribution in [0.25, 0.3) is 66.4 Å². The highest BCUT2D eigenvalue weighted by atomic mass is 15.1. The molecule has 0 bridgehead atoms. The summed E-state index contributed by atoms with van der Waals surface area (Å²) < 4.78 is 0. The molecule has 0 amide bonds. The van der Waals surface area contributed by atoms with Crippen LogP contribution < -0.4 is 4.90 Å². The molecule has 0 aliphatic rings. The van der Waals surface area contributed by atoms with Crippen LogP contribution in [0.4, 0.5) is 17.1 Å². The van der Waals surface area contributed by atoms with Gasteiger partial charge in [0, 0.05) is 16.7 Å². The van der Waals surface area contributed by atoms with E-state index < -0.39 is 0 Å². The minimum Gasteiger partial charge on any atom is -0.309 e. The lowest BCUT2D eigenvalue weighted by atomic mass is 9.78. The minimum absolute atomic E-state index is 0.00770. The summed E-state index contributed by atoms with van der Waals surface area (Å²) in [4.78, 5) is 2.52. The summed E-state index contributed by atoms with van der Waals surface area (Å²) in [6.07, 6.45) is 0. The van der Waals surface area contributed by atoms with Crippen molar-refractivity contribution in [3.8, 4) is 55.6 Å².